The summed E-state index contributed by atoms with van der Waals surface area (Å²) in [5.74, 6) is 0.378. The predicted molar refractivity (Wildman–Crippen MR) is 77.5 cm³/mol. The Hall–Kier alpha value is -1.53. The van der Waals surface area contributed by atoms with E-state index in [-0.39, 0.29) is 23.3 Å². The van der Waals surface area contributed by atoms with E-state index < -0.39 is 0 Å². The van der Waals surface area contributed by atoms with Crippen LogP contribution >= 0.6 is 0 Å². The van der Waals surface area contributed by atoms with Gasteiger partial charge in [-0.25, -0.2) is 0 Å². The van der Waals surface area contributed by atoms with E-state index in [1.807, 2.05) is 0 Å². The van der Waals surface area contributed by atoms with E-state index >= 15 is 0 Å². The molecule has 0 saturated heterocycles. The normalized spacial score (nSPS) is 12.7. The molecule has 0 bridgehead atoms. The van der Waals surface area contributed by atoms with Crippen LogP contribution in [0, 0.1) is 29.9 Å². The molecule has 1 unspecified atom stereocenters. The molecule has 1 atom stereocenters. The van der Waals surface area contributed by atoms with Crippen LogP contribution in [0.1, 0.15) is 37.1 Å². The molecule has 1 heterocycles. The van der Waals surface area contributed by atoms with Gasteiger partial charge in [0.25, 0.3) is 5.69 Å². The lowest BCUT2D eigenvalue weighted by Crippen LogP contribution is -2.34. The third-order valence-electron chi connectivity index (χ3n) is 3.53. The molecule has 0 amide bonds. The fraction of sp³-hybridized carbons (Fsp3) is 0.643. The molecule has 1 rings (SSSR count). The van der Waals surface area contributed by atoms with E-state index in [0.29, 0.717) is 35.7 Å². The highest BCUT2D eigenvalue weighted by Crippen LogP contribution is 2.24. The topological polar surface area (TPSA) is 88.3 Å². The summed E-state index contributed by atoms with van der Waals surface area (Å²) >= 11 is 0. The molecule has 0 saturated carbocycles. The SMILES string of the molecule is Cc1cnc(CNC(CCO)C(C)C)c(C)c1[N+](=O)[O-]. The highest BCUT2D eigenvalue weighted by Gasteiger charge is 2.19. The van der Waals surface area contributed by atoms with Crippen molar-refractivity contribution in [3.05, 3.63) is 33.1 Å². The van der Waals surface area contributed by atoms with Gasteiger partial charge < -0.3 is 10.4 Å². The summed E-state index contributed by atoms with van der Waals surface area (Å²) in [7, 11) is 0. The summed E-state index contributed by atoms with van der Waals surface area (Å²) in [6.45, 7) is 8.16. The molecular weight excluding hydrogens is 258 g/mol. The molecule has 1 aromatic heterocycles. The van der Waals surface area contributed by atoms with Crippen LogP contribution in [0.2, 0.25) is 0 Å². The molecule has 0 spiro atoms. The van der Waals surface area contributed by atoms with Crippen LogP contribution in [-0.2, 0) is 6.54 Å². The van der Waals surface area contributed by atoms with E-state index in [1.165, 1.54) is 0 Å². The molecule has 2 N–H and O–H groups in total. The number of nitrogens with one attached hydrogen (secondary N) is 1. The van der Waals surface area contributed by atoms with Crippen LogP contribution in [0.5, 0.6) is 0 Å². The summed E-state index contributed by atoms with van der Waals surface area (Å²) in [5.41, 5.74) is 2.01. The second kappa shape index (κ2) is 7.31. The first-order valence-electron chi connectivity index (χ1n) is 6.82. The lowest BCUT2D eigenvalue weighted by atomic mass is 10.0. The number of aromatic nitrogens is 1. The Morgan fingerprint density at radius 1 is 1.45 bits per heavy atom. The van der Waals surface area contributed by atoms with Gasteiger partial charge in [-0.15, -0.1) is 0 Å². The van der Waals surface area contributed by atoms with Crippen molar-refractivity contribution >= 4 is 5.69 Å². The number of aliphatic hydroxyl groups excluding tert-OH is 1. The average Bonchev–Trinajstić information content (AvgIpc) is 2.35. The first-order valence-corrected chi connectivity index (χ1v) is 6.82. The van der Waals surface area contributed by atoms with Gasteiger partial charge >= 0.3 is 0 Å². The van der Waals surface area contributed by atoms with Crippen molar-refractivity contribution in [2.24, 2.45) is 5.92 Å². The predicted octanol–water partition coefficient (Wildman–Crippen LogP) is 2.10. The fourth-order valence-corrected chi connectivity index (χ4v) is 2.26. The molecule has 1 aromatic rings. The van der Waals surface area contributed by atoms with Crippen molar-refractivity contribution in [2.75, 3.05) is 6.61 Å². The zero-order chi connectivity index (χ0) is 15.3. The van der Waals surface area contributed by atoms with Gasteiger partial charge in [-0.3, -0.25) is 15.1 Å². The zero-order valence-corrected chi connectivity index (χ0v) is 12.5. The summed E-state index contributed by atoms with van der Waals surface area (Å²) in [6, 6.07) is 0.168. The highest BCUT2D eigenvalue weighted by molar-refractivity contribution is 5.47. The Balaban J connectivity index is 2.88. The molecule has 0 aliphatic heterocycles. The van der Waals surface area contributed by atoms with Crippen LogP contribution < -0.4 is 5.32 Å². The van der Waals surface area contributed by atoms with Crippen molar-refractivity contribution in [3.8, 4) is 0 Å². The molecule has 6 heteroatoms. The molecule has 112 valence electrons. The van der Waals surface area contributed by atoms with E-state index in [4.69, 9.17) is 5.11 Å². The van der Waals surface area contributed by atoms with Crippen LogP contribution in [-0.4, -0.2) is 27.7 Å². The third-order valence-corrected chi connectivity index (χ3v) is 3.53. The Morgan fingerprint density at radius 2 is 2.10 bits per heavy atom. The van der Waals surface area contributed by atoms with Gasteiger partial charge in [-0.05, 0) is 26.2 Å². The number of hydrogen-bond donors (Lipinski definition) is 2. The maximum Gasteiger partial charge on any atom is 0.278 e. The minimum absolute atomic E-state index is 0.121. The smallest absolute Gasteiger partial charge is 0.278 e. The van der Waals surface area contributed by atoms with Gasteiger partial charge in [0.05, 0.1) is 10.6 Å². The summed E-state index contributed by atoms with van der Waals surface area (Å²) in [5, 5.41) is 23.4. The van der Waals surface area contributed by atoms with Crippen molar-refractivity contribution < 1.29 is 10.0 Å². The minimum Gasteiger partial charge on any atom is -0.396 e. The lowest BCUT2D eigenvalue weighted by Gasteiger charge is -2.21. The molecule has 0 radical (unpaired) electrons. The van der Waals surface area contributed by atoms with E-state index in [1.54, 1.807) is 20.0 Å². The first kappa shape index (κ1) is 16.5. The van der Waals surface area contributed by atoms with Crippen molar-refractivity contribution in [3.63, 3.8) is 0 Å². The highest BCUT2D eigenvalue weighted by atomic mass is 16.6. The number of nitrogens with zero attached hydrogens (tertiary/aromatic N) is 2. The Kier molecular flexibility index (Phi) is 6.04. The Bertz CT molecular complexity index is 475. The van der Waals surface area contributed by atoms with Gasteiger partial charge in [0.2, 0.25) is 0 Å². The molecular formula is C14H23N3O3. The van der Waals surface area contributed by atoms with E-state index in [2.05, 4.69) is 24.1 Å². The molecule has 0 aliphatic rings. The number of aryl methyl sites for hydroxylation is 1. The molecule has 0 aromatic carbocycles. The lowest BCUT2D eigenvalue weighted by molar-refractivity contribution is -0.386. The summed E-state index contributed by atoms with van der Waals surface area (Å²) in [4.78, 5) is 15.0. The van der Waals surface area contributed by atoms with Crippen LogP contribution in [0.3, 0.4) is 0 Å². The second-order valence-corrected chi connectivity index (χ2v) is 5.36. The largest absolute Gasteiger partial charge is 0.396 e. The zero-order valence-electron chi connectivity index (χ0n) is 12.5. The van der Waals surface area contributed by atoms with E-state index in [0.717, 1.165) is 0 Å². The van der Waals surface area contributed by atoms with Gasteiger partial charge in [0.15, 0.2) is 0 Å². The number of nitro groups is 1. The van der Waals surface area contributed by atoms with Crippen molar-refractivity contribution in [1.82, 2.24) is 10.3 Å². The Labute approximate surface area is 119 Å². The van der Waals surface area contributed by atoms with Gasteiger partial charge in [0, 0.05) is 36.5 Å². The maximum absolute atomic E-state index is 11.1. The van der Waals surface area contributed by atoms with Gasteiger partial charge in [-0.1, -0.05) is 13.8 Å². The number of hydrogen-bond acceptors (Lipinski definition) is 5. The quantitative estimate of drug-likeness (QED) is 0.590. The van der Waals surface area contributed by atoms with E-state index in [9.17, 15) is 10.1 Å². The van der Waals surface area contributed by atoms with Gasteiger partial charge in [0.1, 0.15) is 0 Å². The van der Waals surface area contributed by atoms with Crippen molar-refractivity contribution in [1.29, 1.82) is 0 Å². The standard InChI is InChI=1S/C14H23N3O3/c1-9(2)12(5-6-18)16-8-13-11(4)14(17(19)20)10(3)7-15-13/h7,9,12,16,18H,5-6,8H2,1-4H3. The monoisotopic (exact) mass is 281 g/mol. The molecule has 20 heavy (non-hydrogen) atoms. The molecule has 6 nitrogen and oxygen atoms in total. The maximum atomic E-state index is 11.1. The van der Waals surface area contributed by atoms with Crippen LogP contribution in [0.4, 0.5) is 5.69 Å². The van der Waals surface area contributed by atoms with Crippen LogP contribution in [0.25, 0.3) is 0 Å². The number of aliphatic hydroxyl groups is 1. The summed E-state index contributed by atoms with van der Waals surface area (Å²) in [6.07, 6.45) is 2.20. The second-order valence-electron chi connectivity index (χ2n) is 5.36. The third kappa shape index (κ3) is 3.98. The Morgan fingerprint density at radius 3 is 2.60 bits per heavy atom. The molecule has 0 aliphatic carbocycles. The first-order chi connectivity index (χ1) is 9.38. The van der Waals surface area contributed by atoms with Crippen molar-refractivity contribution in [2.45, 2.75) is 46.7 Å². The van der Waals surface area contributed by atoms with Gasteiger partial charge in [-0.2, -0.15) is 0 Å². The van der Waals surface area contributed by atoms with Crippen LogP contribution in [0.15, 0.2) is 6.20 Å². The summed E-state index contributed by atoms with van der Waals surface area (Å²) < 4.78 is 0. The number of rotatable bonds is 7. The molecule has 0 fully saturated rings. The fourth-order valence-electron chi connectivity index (χ4n) is 2.26. The average molecular weight is 281 g/mol. The number of pyridine rings is 1. The minimum atomic E-state index is -0.358.